The molecule has 1 aromatic heterocycles. The second-order valence-corrected chi connectivity index (χ2v) is 3.14. The summed E-state index contributed by atoms with van der Waals surface area (Å²) in [5.41, 5.74) is 1.04. The van der Waals surface area contributed by atoms with Crippen LogP contribution in [0.3, 0.4) is 0 Å². The molecule has 0 bridgehead atoms. The summed E-state index contributed by atoms with van der Waals surface area (Å²) in [5.74, 6) is 0. The number of benzene rings is 1. The Bertz CT molecular complexity index is 574. The van der Waals surface area contributed by atoms with Crippen LogP contribution in [0.4, 0.5) is 5.69 Å². The minimum absolute atomic E-state index is 0.0153. The highest BCUT2D eigenvalue weighted by atomic mass is 16.6. The van der Waals surface area contributed by atoms with E-state index in [2.05, 4.69) is 10.2 Å². The summed E-state index contributed by atoms with van der Waals surface area (Å²) in [7, 11) is 0. The van der Waals surface area contributed by atoms with Crippen molar-refractivity contribution in [3.8, 4) is 11.1 Å². The molecule has 0 atom stereocenters. The van der Waals surface area contributed by atoms with Gasteiger partial charge in [0.1, 0.15) is 0 Å². The predicted octanol–water partition coefficient (Wildman–Crippen LogP) is 1.35. The molecule has 1 aromatic carbocycles. The van der Waals surface area contributed by atoms with Crippen LogP contribution < -0.4 is 5.56 Å². The molecule has 0 fully saturated rings. The van der Waals surface area contributed by atoms with Crippen LogP contribution in [-0.2, 0) is 0 Å². The van der Waals surface area contributed by atoms with Gasteiger partial charge in [0.05, 0.1) is 11.1 Å². The van der Waals surface area contributed by atoms with E-state index in [1.54, 1.807) is 12.1 Å². The molecule has 0 aliphatic carbocycles. The summed E-state index contributed by atoms with van der Waals surface area (Å²) in [6.07, 6.45) is 1.49. The van der Waals surface area contributed by atoms with E-state index in [1.807, 2.05) is 0 Å². The van der Waals surface area contributed by atoms with Gasteiger partial charge in [-0.05, 0) is 17.7 Å². The molecular formula is C10H7N3O3. The van der Waals surface area contributed by atoms with Crippen LogP contribution in [0.5, 0.6) is 0 Å². The Balaban J connectivity index is 2.42. The number of rotatable bonds is 2. The Hall–Kier alpha value is -2.50. The van der Waals surface area contributed by atoms with E-state index < -0.39 is 4.92 Å². The standard InChI is InChI=1S/C10H7N3O3/c14-10-5-8(6-11-12-10)7-1-3-9(4-2-7)13(15)16/h1-6H,(H,12,14). The van der Waals surface area contributed by atoms with Gasteiger partial charge in [-0.25, -0.2) is 5.10 Å². The molecule has 80 valence electrons. The maximum absolute atomic E-state index is 11.0. The first kappa shape index (κ1) is 10.0. The van der Waals surface area contributed by atoms with Gasteiger partial charge in [0, 0.05) is 23.8 Å². The minimum Gasteiger partial charge on any atom is -0.268 e. The van der Waals surface area contributed by atoms with Gasteiger partial charge in [0.25, 0.3) is 11.2 Å². The highest BCUT2D eigenvalue weighted by Crippen LogP contribution is 2.20. The van der Waals surface area contributed by atoms with Crippen molar-refractivity contribution in [3.05, 3.63) is 57.0 Å². The molecule has 0 aliphatic heterocycles. The van der Waals surface area contributed by atoms with Gasteiger partial charge in [-0.15, -0.1) is 0 Å². The quantitative estimate of drug-likeness (QED) is 0.607. The fourth-order valence-electron chi connectivity index (χ4n) is 1.31. The second kappa shape index (κ2) is 3.93. The maximum atomic E-state index is 11.0. The van der Waals surface area contributed by atoms with Gasteiger partial charge in [-0.1, -0.05) is 0 Å². The number of non-ortho nitro benzene ring substituents is 1. The molecule has 1 N–H and O–H groups in total. The van der Waals surface area contributed by atoms with E-state index >= 15 is 0 Å². The number of nitro groups is 1. The average molecular weight is 217 g/mol. The molecule has 6 nitrogen and oxygen atoms in total. The van der Waals surface area contributed by atoms with Crippen molar-refractivity contribution in [2.75, 3.05) is 0 Å². The summed E-state index contributed by atoms with van der Waals surface area (Å²) < 4.78 is 0. The van der Waals surface area contributed by atoms with Gasteiger partial charge in [0.15, 0.2) is 0 Å². The normalized spacial score (nSPS) is 10.0. The van der Waals surface area contributed by atoms with Gasteiger partial charge < -0.3 is 0 Å². The van der Waals surface area contributed by atoms with Gasteiger partial charge in [-0.2, -0.15) is 5.10 Å². The van der Waals surface area contributed by atoms with E-state index in [1.165, 1.54) is 24.4 Å². The number of aromatic nitrogens is 2. The van der Waals surface area contributed by atoms with Crippen molar-refractivity contribution >= 4 is 5.69 Å². The third-order valence-corrected chi connectivity index (χ3v) is 2.08. The van der Waals surface area contributed by atoms with Crippen molar-refractivity contribution in [2.24, 2.45) is 0 Å². The van der Waals surface area contributed by atoms with Gasteiger partial charge in [-0.3, -0.25) is 14.9 Å². The highest BCUT2D eigenvalue weighted by molar-refractivity contribution is 5.63. The third kappa shape index (κ3) is 1.95. The first-order valence-electron chi connectivity index (χ1n) is 4.46. The summed E-state index contributed by atoms with van der Waals surface area (Å²) in [6, 6.07) is 7.31. The molecule has 6 heteroatoms. The van der Waals surface area contributed by atoms with Crippen molar-refractivity contribution in [2.45, 2.75) is 0 Å². The Morgan fingerprint density at radius 3 is 2.44 bits per heavy atom. The smallest absolute Gasteiger partial charge is 0.268 e. The van der Waals surface area contributed by atoms with Crippen molar-refractivity contribution in [3.63, 3.8) is 0 Å². The third-order valence-electron chi connectivity index (χ3n) is 2.08. The summed E-state index contributed by atoms with van der Waals surface area (Å²) >= 11 is 0. The van der Waals surface area contributed by atoms with Crippen LogP contribution in [0, 0.1) is 10.1 Å². The Labute approximate surface area is 89.7 Å². The molecular weight excluding hydrogens is 210 g/mol. The molecule has 0 amide bonds. The largest absolute Gasteiger partial charge is 0.269 e. The number of hydrogen-bond donors (Lipinski definition) is 1. The van der Waals surface area contributed by atoms with Gasteiger partial charge in [0.2, 0.25) is 0 Å². The van der Waals surface area contributed by atoms with E-state index in [-0.39, 0.29) is 11.2 Å². The zero-order valence-corrected chi connectivity index (χ0v) is 8.08. The van der Waals surface area contributed by atoms with Crippen LogP contribution >= 0.6 is 0 Å². The fraction of sp³-hybridized carbons (Fsp3) is 0. The second-order valence-electron chi connectivity index (χ2n) is 3.14. The summed E-state index contributed by atoms with van der Waals surface area (Å²) in [4.78, 5) is 21.0. The van der Waals surface area contributed by atoms with Gasteiger partial charge >= 0.3 is 0 Å². The summed E-state index contributed by atoms with van der Waals surface area (Å²) in [6.45, 7) is 0. The van der Waals surface area contributed by atoms with Crippen molar-refractivity contribution in [1.82, 2.24) is 10.2 Å². The van der Waals surface area contributed by atoms with Crippen molar-refractivity contribution < 1.29 is 4.92 Å². The molecule has 0 radical (unpaired) electrons. The van der Waals surface area contributed by atoms with Crippen LogP contribution in [0.2, 0.25) is 0 Å². The molecule has 0 aliphatic rings. The Morgan fingerprint density at radius 2 is 1.88 bits per heavy atom. The number of H-pyrrole nitrogens is 1. The zero-order valence-electron chi connectivity index (χ0n) is 8.08. The summed E-state index contributed by atoms with van der Waals surface area (Å²) in [5, 5.41) is 16.3. The molecule has 2 aromatic rings. The lowest BCUT2D eigenvalue weighted by atomic mass is 10.1. The number of aromatic amines is 1. The van der Waals surface area contributed by atoms with Crippen LogP contribution in [0.1, 0.15) is 0 Å². The van der Waals surface area contributed by atoms with Crippen LogP contribution in [0.25, 0.3) is 11.1 Å². The molecule has 0 saturated carbocycles. The monoisotopic (exact) mass is 217 g/mol. The topological polar surface area (TPSA) is 88.9 Å². The lowest BCUT2D eigenvalue weighted by molar-refractivity contribution is -0.384. The first-order chi connectivity index (χ1) is 7.66. The number of hydrogen-bond acceptors (Lipinski definition) is 4. The van der Waals surface area contributed by atoms with Crippen LogP contribution in [0.15, 0.2) is 41.3 Å². The number of nitro benzene ring substituents is 1. The molecule has 0 spiro atoms. The maximum Gasteiger partial charge on any atom is 0.269 e. The van der Waals surface area contributed by atoms with E-state index in [9.17, 15) is 14.9 Å². The first-order valence-corrected chi connectivity index (χ1v) is 4.46. The van der Waals surface area contributed by atoms with E-state index in [0.717, 1.165) is 0 Å². The number of nitrogens with one attached hydrogen (secondary N) is 1. The molecule has 16 heavy (non-hydrogen) atoms. The lowest BCUT2D eigenvalue weighted by Gasteiger charge is -1.98. The molecule has 2 rings (SSSR count). The molecule has 0 unspecified atom stereocenters. The van der Waals surface area contributed by atoms with Crippen LogP contribution in [-0.4, -0.2) is 15.1 Å². The predicted molar refractivity (Wildman–Crippen MR) is 56.9 cm³/mol. The van der Waals surface area contributed by atoms with E-state index in [4.69, 9.17) is 0 Å². The Kier molecular flexibility index (Phi) is 2.47. The number of nitrogens with zero attached hydrogens (tertiary/aromatic N) is 2. The fourth-order valence-corrected chi connectivity index (χ4v) is 1.31. The van der Waals surface area contributed by atoms with Crippen molar-refractivity contribution in [1.29, 1.82) is 0 Å². The minimum atomic E-state index is -0.472. The molecule has 1 heterocycles. The zero-order chi connectivity index (χ0) is 11.5. The average Bonchev–Trinajstić information content (AvgIpc) is 2.29. The van der Waals surface area contributed by atoms with E-state index in [0.29, 0.717) is 11.1 Å². The molecule has 0 saturated heterocycles. The lowest BCUT2D eigenvalue weighted by Crippen LogP contribution is -2.05. The SMILES string of the molecule is O=c1cc(-c2ccc([N+](=O)[O-])cc2)cn[nH]1. The Morgan fingerprint density at radius 1 is 1.19 bits per heavy atom. The highest BCUT2D eigenvalue weighted by Gasteiger charge is 2.05.